The Morgan fingerprint density at radius 1 is 0.397 bits per heavy atom. The van der Waals surface area contributed by atoms with Crippen LogP contribution < -0.4 is 18.9 Å². The molecule has 5 aromatic rings. The van der Waals surface area contributed by atoms with E-state index in [1.807, 2.05) is 48.5 Å². The van der Waals surface area contributed by atoms with E-state index in [9.17, 15) is 9.59 Å². The summed E-state index contributed by atoms with van der Waals surface area (Å²) in [5.74, 6) is 0.943. The van der Waals surface area contributed by atoms with E-state index in [1.165, 1.54) is 70.3 Å². The summed E-state index contributed by atoms with van der Waals surface area (Å²) in [5, 5.41) is 17.2. The molecule has 0 saturated carbocycles. The maximum atomic E-state index is 12.9. The van der Waals surface area contributed by atoms with Gasteiger partial charge in [-0.15, -0.1) is 0 Å². The fourth-order valence-corrected chi connectivity index (χ4v) is 5.86. The fraction of sp³-hybridized carbons (Fsp3) is 0.333. The van der Waals surface area contributed by atoms with Crippen molar-refractivity contribution in [3.8, 4) is 23.0 Å². The first-order valence-corrected chi connectivity index (χ1v) is 20.5. The van der Waals surface area contributed by atoms with Crippen LogP contribution in [0, 0.1) is 0 Å². The molecule has 0 N–H and O–H groups in total. The minimum Gasteiger partial charge on any atom is -0.494 e. The van der Waals surface area contributed by atoms with Crippen molar-refractivity contribution in [2.24, 2.45) is 20.5 Å². The summed E-state index contributed by atoms with van der Waals surface area (Å²) in [6.45, 7) is 5.86. The summed E-state index contributed by atoms with van der Waals surface area (Å²) < 4.78 is 22.8. The summed E-state index contributed by atoms with van der Waals surface area (Å²) in [7, 11) is 0. The average Bonchev–Trinajstić information content (AvgIpc) is 3.25. The molecule has 0 aromatic heterocycles. The molecular weight excluding hydrogens is 729 g/mol. The number of carbonyl (C=O) groups is 2. The third-order valence-corrected chi connectivity index (χ3v) is 9.20. The van der Waals surface area contributed by atoms with Crippen molar-refractivity contribution < 1.29 is 28.5 Å². The molecule has 0 fully saturated rings. The highest BCUT2D eigenvalue weighted by atomic mass is 16.5. The van der Waals surface area contributed by atoms with Crippen LogP contribution in [0.15, 0.2) is 142 Å². The molecule has 302 valence electrons. The Morgan fingerprint density at radius 2 is 0.724 bits per heavy atom. The van der Waals surface area contributed by atoms with Gasteiger partial charge in [-0.05, 0) is 122 Å². The minimum atomic E-state index is -0.568. The average molecular weight is 783 g/mol. The fourth-order valence-electron chi connectivity index (χ4n) is 5.86. The lowest BCUT2D eigenvalue weighted by Crippen LogP contribution is -2.10. The van der Waals surface area contributed by atoms with Crippen LogP contribution in [0.4, 0.5) is 22.7 Å². The lowest BCUT2D eigenvalue weighted by atomic mass is 10.1. The SMILES string of the molecule is CCCCCCCCOc1ccc(/N=N/c2ccc(C(=O)Oc3cccc(OC(=O)c4ccc(/N=N/c5ccc(OCCCCCCCC)cc5)cc4)c3)cc2)cc1. The van der Waals surface area contributed by atoms with Crippen LogP contribution in [-0.2, 0) is 0 Å². The lowest BCUT2D eigenvalue weighted by molar-refractivity contribution is 0.0733. The van der Waals surface area contributed by atoms with Gasteiger partial charge in [0.15, 0.2) is 0 Å². The summed E-state index contributed by atoms with van der Waals surface area (Å²) in [6, 6.07) is 34.6. The van der Waals surface area contributed by atoms with E-state index >= 15 is 0 Å². The molecule has 0 aliphatic carbocycles. The Kier molecular flexibility index (Phi) is 18.1. The summed E-state index contributed by atoms with van der Waals surface area (Å²) in [4.78, 5) is 25.8. The van der Waals surface area contributed by atoms with Crippen molar-refractivity contribution in [3.05, 3.63) is 132 Å². The number of benzene rings is 5. The van der Waals surface area contributed by atoms with E-state index in [-0.39, 0.29) is 11.5 Å². The lowest BCUT2D eigenvalue weighted by Gasteiger charge is -2.08. The van der Waals surface area contributed by atoms with E-state index in [2.05, 4.69) is 34.3 Å². The molecule has 0 radical (unpaired) electrons. The molecule has 0 spiro atoms. The molecule has 0 amide bonds. The minimum absolute atomic E-state index is 0.228. The highest BCUT2D eigenvalue weighted by Crippen LogP contribution is 2.26. The van der Waals surface area contributed by atoms with Gasteiger partial charge in [0.1, 0.15) is 23.0 Å². The van der Waals surface area contributed by atoms with Gasteiger partial charge < -0.3 is 18.9 Å². The predicted molar refractivity (Wildman–Crippen MR) is 228 cm³/mol. The van der Waals surface area contributed by atoms with Gasteiger partial charge >= 0.3 is 11.9 Å². The second-order valence-electron chi connectivity index (χ2n) is 14.0. The number of ether oxygens (including phenoxy) is 4. The summed E-state index contributed by atoms with van der Waals surface area (Å²) in [6.07, 6.45) is 14.7. The van der Waals surface area contributed by atoms with Crippen molar-refractivity contribution in [2.75, 3.05) is 13.2 Å². The van der Waals surface area contributed by atoms with Crippen LogP contribution in [0.2, 0.25) is 0 Å². The van der Waals surface area contributed by atoms with Crippen molar-refractivity contribution in [1.29, 1.82) is 0 Å². The highest BCUT2D eigenvalue weighted by Gasteiger charge is 2.13. The first kappa shape index (κ1) is 43.0. The third kappa shape index (κ3) is 15.4. The molecule has 0 heterocycles. The van der Waals surface area contributed by atoms with E-state index in [0.717, 1.165) is 24.3 Å². The Bertz CT molecular complexity index is 1890. The zero-order valence-corrected chi connectivity index (χ0v) is 33.7. The summed E-state index contributed by atoms with van der Waals surface area (Å²) in [5.41, 5.74) is 3.21. The van der Waals surface area contributed by atoms with E-state index in [0.29, 0.717) is 47.1 Å². The molecule has 0 aliphatic heterocycles. The van der Waals surface area contributed by atoms with Crippen molar-refractivity contribution in [2.45, 2.75) is 90.9 Å². The molecule has 10 nitrogen and oxygen atoms in total. The van der Waals surface area contributed by atoms with Crippen molar-refractivity contribution in [3.63, 3.8) is 0 Å². The molecule has 0 saturated heterocycles. The number of hydrogen-bond acceptors (Lipinski definition) is 10. The van der Waals surface area contributed by atoms with Crippen LogP contribution in [0.3, 0.4) is 0 Å². The molecule has 0 aliphatic rings. The Balaban J connectivity index is 1.03. The van der Waals surface area contributed by atoms with Gasteiger partial charge in [-0.2, -0.15) is 20.5 Å². The van der Waals surface area contributed by atoms with Crippen LogP contribution in [0.1, 0.15) is 112 Å². The van der Waals surface area contributed by atoms with E-state index in [4.69, 9.17) is 18.9 Å². The topological polar surface area (TPSA) is 121 Å². The molecule has 0 atom stereocenters. The predicted octanol–water partition coefficient (Wildman–Crippen LogP) is 14.4. The Hall–Kier alpha value is -6.16. The first-order valence-electron chi connectivity index (χ1n) is 20.5. The van der Waals surface area contributed by atoms with Crippen LogP contribution in [0.25, 0.3) is 0 Å². The molecule has 0 unspecified atom stereocenters. The Morgan fingerprint density at radius 3 is 1.09 bits per heavy atom. The largest absolute Gasteiger partial charge is 0.494 e. The van der Waals surface area contributed by atoms with Crippen molar-refractivity contribution >= 4 is 34.7 Å². The van der Waals surface area contributed by atoms with Gasteiger partial charge in [-0.25, -0.2) is 9.59 Å². The first-order chi connectivity index (χ1) is 28.5. The number of esters is 2. The van der Waals surface area contributed by atoms with E-state index in [1.54, 1.807) is 66.7 Å². The standard InChI is InChI=1S/C48H54N4O6/c1-3-5-7-9-11-13-34-55-43-30-26-41(27-31-43)51-49-39-22-18-37(19-23-39)47(53)57-45-16-15-17-46(36-45)58-48(54)38-20-24-40(25-21-38)50-52-42-28-32-44(33-29-42)56-35-14-12-10-8-6-4-2/h15-33,36H,3-14,34-35H2,1-2H3/b51-49+,52-50+. The van der Waals surface area contributed by atoms with Crippen molar-refractivity contribution in [1.82, 2.24) is 0 Å². The van der Waals surface area contributed by atoms with Crippen LogP contribution in [-0.4, -0.2) is 25.2 Å². The second kappa shape index (κ2) is 24.5. The van der Waals surface area contributed by atoms with Gasteiger partial charge in [-0.1, -0.05) is 84.1 Å². The Labute approximate surface area is 342 Å². The summed E-state index contributed by atoms with van der Waals surface area (Å²) >= 11 is 0. The number of carbonyl (C=O) groups excluding carboxylic acids is 2. The molecule has 10 heteroatoms. The third-order valence-electron chi connectivity index (χ3n) is 9.20. The second-order valence-corrected chi connectivity index (χ2v) is 14.0. The highest BCUT2D eigenvalue weighted by molar-refractivity contribution is 5.92. The molecule has 0 bridgehead atoms. The molecule has 5 rings (SSSR count). The molecular formula is C48H54N4O6. The zero-order valence-electron chi connectivity index (χ0n) is 33.7. The van der Waals surface area contributed by atoms with Gasteiger partial charge in [0.05, 0.1) is 47.1 Å². The number of hydrogen-bond donors (Lipinski definition) is 0. The zero-order chi connectivity index (χ0) is 40.6. The molecule has 5 aromatic carbocycles. The van der Waals surface area contributed by atoms with E-state index < -0.39 is 11.9 Å². The number of nitrogens with zero attached hydrogens (tertiary/aromatic N) is 4. The van der Waals surface area contributed by atoms with Gasteiger partial charge in [-0.3, -0.25) is 0 Å². The molecule has 58 heavy (non-hydrogen) atoms. The maximum absolute atomic E-state index is 12.9. The van der Waals surface area contributed by atoms with Crippen LogP contribution in [0.5, 0.6) is 23.0 Å². The normalized spacial score (nSPS) is 11.2. The van der Waals surface area contributed by atoms with Gasteiger partial charge in [0.2, 0.25) is 0 Å². The maximum Gasteiger partial charge on any atom is 0.343 e. The van der Waals surface area contributed by atoms with Gasteiger partial charge in [0.25, 0.3) is 0 Å². The number of azo groups is 2. The smallest absolute Gasteiger partial charge is 0.343 e. The number of rotatable bonds is 24. The van der Waals surface area contributed by atoms with Gasteiger partial charge in [0, 0.05) is 6.07 Å². The van der Waals surface area contributed by atoms with Crippen LogP contribution >= 0.6 is 0 Å². The number of unbranched alkanes of at least 4 members (excludes halogenated alkanes) is 10. The monoisotopic (exact) mass is 782 g/mol. The quantitative estimate of drug-likeness (QED) is 0.0266.